The van der Waals surface area contributed by atoms with Crippen molar-refractivity contribution in [2.24, 2.45) is 0 Å². The Labute approximate surface area is 132 Å². The van der Waals surface area contributed by atoms with Crippen LogP contribution in [0, 0.1) is 6.92 Å². The number of nitrogens with zero attached hydrogens (tertiary/aromatic N) is 1. The maximum atomic E-state index is 11.5. The third-order valence-electron chi connectivity index (χ3n) is 4.27. The van der Waals surface area contributed by atoms with Crippen LogP contribution in [-0.2, 0) is 4.74 Å². The highest BCUT2D eigenvalue weighted by atomic mass is 16.5. The molecule has 2 rings (SSSR count). The van der Waals surface area contributed by atoms with Crippen molar-refractivity contribution in [1.29, 1.82) is 0 Å². The lowest BCUT2D eigenvalue weighted by Crippen LogP contribution is -2.45. The van der Waals surface area contributed by atoms with Crippen LogP contribution in [0.4, 0.5) is 4.79 Å². The van der Waals surface area contributed by atoms with Crippen LogP contribution in [-0.4, -0.2) is 44.3 Å². The van der Waals surface area contributed by atoms with E-state index in [2.05, 4.69) is 31.3 Å². The minimum absolute atomic E-state index is 0.213. The van der Waals surface area contributed by atoms with E-state index in [0.717, 1.165) is 31.7 Å². The quantitative estimate of drug-likeness (QED) is 0.929. The average Bonchev–Trinajstić information content (AvgIpc) is 2.54. The van der Waals surface area contributed by atoms with Gasteiger partial charge in [-0.05, 0) is 32.8 Å². The fraction of sp³-hybridized carbons (Fsp3) is 0.588. The van der Waals surface area contributed by atoms with E-state index in [1.807, 2.05) is 6.07 Å². The van der Waals surface area contributed by atoms with E-state index in [1.54, 1.807) is 12.0 Å². The van der Waals surface area contributed by atoms with Gasteiger partial charge in [-0.1, -0.05) is 17.7 Å². The van der Waals surface area contributed by atoms with Crippen LogP contribution in [0.5, 0.6) is 5.75 Å². The first-order valence-electron chi connectivity index (χ1n) is 7.78. The first kappa shape index (κ1) is 16.6. The van der Waals surface area contributed by atoms with Gasteiger partial charge in [-0.25, -0.2) is 4.79 Å². The second-order valence-corrected chi connectivity index (χ2v) is 5.87. The Morgan fingerprint density at radius 1 is 1.32 bits per heavy atom. The van der Waals surface area contributed by atoms with Crippen molar-refractivity contribution in [3.8, 4) is 5.75 Å². The normalized spacial score (nSPS) is 17.2. The van der Waals surface area contributed by atoms with Crippen LogP contribution >= 0.6 is 0 Å². The van der Waals surface area contributed by atoms with E-state index in [1.165, 1.54) is 18.2 Å². The van der Waals surface area contributed by atoms with Crippen LogP contribution in [0.25, 0.3) is 0 Å². The molecular weight excluding hydrogens is 280 g/mol. The Kier molecular flexibility index (Phi) is 5.66. The molecule has 5 heteroatoms. The molecule has 0 bridgehead atoms. The Hall–Kier alpha value is -1.75. The minimum atomic E-state index is -0.230. The number of aryl methyl sites for hydroxylation is 1. The molecule has 1 amide bonds. The lowest BCUT2D eigenvalue weighted by atomic mass is 10.00. The van der Waals surface area contributed by atoms with E-state index in [-0.39, 0.29) is 12.1 Å². The largest absolute Gasteiger partial charge is 0.496 e. The molecule has 0 radical (unpaired) electrons. The number of benzene rings is 1. The molecule has 0 aliphatic carbocycles. The van der Waals surface area contributed by atoms with Gasteiger partial charge in [0.05, 0.1) is 14.2 Å². The van der Waals surface area contributed by atoms with Gasteiger partial charge in [0, 0.05) is 30.7 Å². The molecule has 1 unspecified atom stereocenters. The first-order valence-corrected chi connectivity index (χ1v) is 7.78. The zero-order valence-electron chi connectivity index (χ0n) is 13.9. The number of rotatable bonds is 4. The average molecular weight is 306 g/mol. The van der Waals surface area contributed by atoms with Crippen molar-refractivity contribution in [2.45, 2.75) is 38.8 Å². The van der Waals surface area contributed by atoms with Gasteiger partial charge in [-0.15, -0.1) is 0 Å². The molecule has 0 saturated carbocycles. The molecule has 1 aliphatic heterocycles. The summed E-state index contributed by atoms with van der Waals surface area (Å²) in [5, 5.41) is 3.66. The Balaban J connectivity index is 1.95. The molecule has 122 valence electrons. The van der Waals surface area contributed by atoms with Gasteiger partial charge in [0.25, 0.3) is 0 Å². The number of carbonyl (C=O) groups excluding carboxylic acids is 1. The standard InChI is InChI=1S/C17H26N2O3/c1-12-5-6-16(21-3)15(11-12)13(2)18-14-7-9-19(10-8-14)17(20)22-4/h5-6,11,13-14,18H,7-10H2,1-4H3. The first-order chi connectivity index (χ1) is 10.5. The predicted molar refractivity (Wildman–Crippen MR) is 86.3 cm³/mol. The van der Waals surface area contributed by atoms with Gasteiger partial charge in [-0.2, -0.15) is 0 Å². The third-order valence-corrected chi connectivity index (χ3v) is 4.27. The lowest BCUT2D eigenvalue weighted by molar-refractivity contribution is 0.109. The number of amides is 1. The molecule has 1 aromatic rings. The number of ether oxygens (including phenoxy) is 2. The number of nitrogens with one attached hydrogen (secondary N) is 1. The molecule has 1 N–H and O–H groups in total. The highest BCUT2D eigenvalue weighted by Crippen LogP contribution is 2.27. The molecule has 1 saturated heterocycles. The van der Waals surface area contributed by atoms with Crippen molar-refractivity contribution < 1.29 is 14.3 Å². The number of piperidine rings is 1. The Morgan fingerprint density at radius 3 is 2.59 bits per heavy atom. The number of likely N-dealkylation sites (tertiary alicyclic amines) is 1. The maximum absolute atomic E-state index is 11.5. The van der Waals surface area contributed by atoms with Gasteiger partial charge in [0.15, 0.2) is 0 Å². The molecule has 1 aromatic carbocycles. The monoisotopic (exact) mass is 306 g/mol. The summed E-state index contributed by atoms with van der Waals surface area (Å²) < 4.78 is 10.2. The van der Waals surface area contributed by atoms with Crippen LogP contribution < -0.4 is 10.1 Å². The SMILES string of the molecule is COC(=O)N1CCC(NC(C)c2cc(C)ccc2OC)CC1. The molecule has 22 heavy (non-hydrogen) atoms. The van der Waals surface area contributed by atoms with Crippen LogP contribution in [0.2, 0.25) is 0 Å². The second-order valence-electron chi connectivity index (χ2n) is 5.87. The Bertz CT molecular complexity index is 511. The summed E-state index contributed by atoms with van der Waals surface area (Å²) in [4.78, 5) is 13.3. The van der Waals surface area contributed by atoms with Gasteiger partial charge in [0.1, 0.15) is 5.75 Å². The Morgan fingerprint density at radius 2 is 2.00 bits per heavy atom. The topological polar surface area (TPSA) is 50.8 Å². The molecule has 0 spiro atoms. The van der Waals surface area contributed by atoms with Crippen LogP contribution in [0.3, 0.4) is 0 Å². The lowest BCUT2D eigenvalue weighted by Gasteiger charge is -2.33. The molecule has 1 aliphatic rings. The zero-order chi connectivity index (χ0) is 16.1. The summed E-state index contributed by atoms with van der Waals surface area (Å²) in [6.45, 7) is 5.72. The van der Waals surface area contributed by atoms with Crippen molar-refractivity contribution in [1.82, 2.24) is 10.2 Å². The van der Waals surface area contributed by atoms with Crippen molar-refractivity contribution in [2.75, 3.05) is 27.3 Å². The van der Waals surface area contributed by atoms with Crippen LogP contribution in [0.1, 0.15) is 36.9 Å². The van der Waals surface area contributed by atoms with Gasteiger partial charge in [0.2, 0.25) is 0 Å². The number of hydrogen-bond acceptors (Lipinski definition) is 4. The van der Waals surface area contributed by atoms with E-state index in [4.69, 9.17) is 9.47 Å². The molecule has 1 fully saturated rings. The van der Waals surface area contributed by atoms with E-state index in [0.29, 0.717) is 6.04 Å². The minimum Gasteiger partial charge on any atom is -0.496 e. The van der Waals surface area contributed by atoms with E-state index < -0.39 is 0 Å². The summed E-state index contributed by atoms with van der Waals surface area (Å²) in [6, 6.07) is 6.86. The molecular formula is C17H26N2O3. The summed E-state index contributed by atoms with van der Waals surface area (Å²) in [7, 11) is 3.13. The van der Waals surface area contributed by atoms with Crippen molar-refractivity contribution >= 4 is 6.09 Å². The van der Waals surface area contributed by atoms with E-state index in [9.17, 15) is 4.79 Å². The zero-order valence-corrected chi connectivity index (χ0v) is 13.9. The smallest absolute Gasteiger partial charge is 0.409 e. The fourth-order valence-corrected chi connectivity index (χ4v) is 2.99. The maximum Gasteiger partial charge on any atom is 0.409 e. The molecule has 5 nitrogen and oxygen atoms in total. The number of hydrogen-bond donors (Lipinski definition) is 1. The highest BCUT2D eigenvalue weighted by molar-refractivity contribution is 5.67. The predicted octanol–water partition coefficient (Wildman–Crippen LogP) is 2.89. The highest BCUT2D eigenvalue weighted by Gasteiger charge is 2.24. The third kappa shape index (κ3) is 3.91. The van der Waals surface area contributed by atoms with Gasteiger partial charge >= 0.3 is 6.09 Å². The molecule has 1 atom stereocenters. The van der Waals surface area contributed by atoms with Crippen LogP contribution in [0.15, 0.2) is 18.2 Å². The summed E-state index contributed by atoms with van der Waals surface area (Å²) in [6.07, 6.45) is 1.65. The van der Waals surface area contributed by atoms with Gasteiger partial charge in [-0.3, -0.25) is 0 Å². The molecule has 1 heterocycles. The second kappa shape index (κ2) is 7.49. The van der Waals surface area contributed by atoms with Gasteiger partial charge < -0.3 is 19.7 Å². The van der Waals surface area contributed by atoms with E-state index >= 15 is 0 Å². The number of methoxy groups -OCH3 is 2. The summed E-state index contributed by atoms with van der Waals surface area (Å²) in [5.74, 6) is 0.914. The number of carbonyl (C=O) groups is 1. The molecule has 0 aromatic heterocycles. The summed E-state index contributed by atoms with van der Waals surface area (Å²) >= 11 is 0. The van der Waals surface area contributed by atoms with Crippen molar-refractivity contribution in [3.05, 3.63) is 29.3 Å². The van der Waals surface area contributed by atoms with Crippen molar-refractivity contribution in [3.63, 3.8) is 0 Å². The summed E-state index contributed by atoms with van der Waals surface area (Å²) in [5.41, 5.74) is 2.41. The fourth-order valence-electron chi connectivity index (χ4n) is 2.99.